The smallest absolute Gasteiger partial charge is 0.318 e. The number of thioether (sulfide) groups is 1. The molecular weight excluding hydrogens is 436 g/mol. The number of hydrogen-bond donors (Lipinski definition) is 0. The second kappa shape index (κ2) is 7.29. The summed E-state index contributed by atoms with van der Waals surface area (Å²) in [7, 11) is 0. The Morgan fingerprint density at radius 1 is 1.52 bits per heavy atom. The highest BCUT2D eigenvalue weighted by molar-refractivity contribution is 9.10. The van der Waals surface area contributed by atoms with E-state index >= 15 is 0 Å². The number of hydrogen-bond acceptors (Lipinski definition) is 5. The predicted molar refractivity (Wildman–Crippen MR) is 108 cm³/mol. The Bertz CT molecular complexity index is 912. The van der Waals surface area contributed by atoms with E-state index in [0.717, 1.165) is 19.4 Å². The number of alkyl halides is 1. The molecule has 1 aromatic heterocycles. The molecule has 2 atom stereocenters. The minimum Gasteiger partial charge on any atom is -0.461 e. The second-order valence-electron chi connectivity index (χ2n) is 7.07. The van der Waals surface area contributed by atoms with E-state index in [9.17, 15) is 8.78 Å². The summed E-state index contributed by atoms with van der Waals surface area (Å²) < 4.78 is 35.0. The third-order valence-corrected chi connectivity index (χ3v) is 6.99. The molecule has 8 heteroatoms. The van der Waals surface area contributed by atoms with Crippen molar-refractivity contribution in [3.8, 4) is 6.01 Å². The van der Waals surface area contributed by atoms with Crippen molar-refractivity contribution >= 4 is 44.7 Å². The first-order chi connectivity index (χ1) is 13.0. The fraction of sp³-hybridized carbons (Fsp3) is 0.474. The van der Waals surface area contributed by atoms with Gasteiger partial charge in [-0.15, -0.1) is 11.8 Å². The summed E-state index contributed by atoms with van der Waals surface area (Å²) in [5.74, 6) is -0.463. The van der Waals surface area contributed by atoms with Gasteiger partial charge in [0.2, 0.25) is 0 Å². The highest BCUT2D eigenvalue weighted by Crippen LogP contribution is 2.40. The van der Waals surface area contributed by atoms with Crippen LogP contribution < -0.4 is 4.74 Å². The monoisotopic (exact) mass is 455 g/mol. The van der Waals surface area contributed by atoms with Crippen LogP contribution in [0.2, 0.25) is 0 Å². The average Bonchev–Trinajstić information content (AvgIpc) is 3.18. The van der Waals surface area contributed by atoms with Crippen molar-refractivity contribution in [1.29, 1.82) is 0 Å². The molecular formula is C19H20BrF2N3OS. The third kappa shape index (κ3) is 3.25. The number of benzene rings is 1. The highest BCUT2D eigenvalue weighted by atomic mass is 79.9. The van der Waals surface area contributed by atoms with E-state index in [4.69, 9.17) is 4.74 Å². The maximum Gasteiger partial charge on any atom is 0.318 e. The lowest BCUT2D eigenvalue weighted by Gasteiger charge is -2.30. The van der Waals surface area contributed by atoms with Crippen LogP contribution in [0.4, 0.5) is 8.78 Å². The van der Waals surface area contributed by atoms with Gasteiger partial charge in [-0.1, -0.05) is 12.7 Å². The van der Waals surface area contributed by atoms with Crippen molar-refractivity contribution in [3.63, 3.8) is 0 Å². The first-order valence-corrected chi connectivity index (χ1v) is 10.9. The zero-order valence-electron chi connectivity index (χ0n) is 15.0. The topological polar surface area (TPSA) is 38.2 Å². The maximum absolute atomic E-state index is 14.8. The molecule has 4 rings (SSSR count). The number of nitrogens with zero attached hydrogens (tertiary/aromatic N) is 3. The molecule has 3 heterocycles. The van der Waals surface area contributed by atoms with Gasteiger partial charge in [-0.25, -0.2) is 8.78 Å². The van der Waals surface area contributed by atoms with Crippen molar-refractivity contribution in [2.75, 3.05) is 26.0 Å². The summed E-state index contributed by atoms with van der Waals surface area (Å²) in [6.07, 6.45) is 5.05. The number of rotatable bonds is 5. The van der Waals surface area contributed by atoms with E-state index in [1.807, 2.05) is 12.3 Å². The van der Waals surface area contributed by atoms with Crippen LogP contribution in [0.25, 0.3) is 17.0 Å². The normalized spacial score (nSPS) is 25.1. The van der Waals surface area contributed by atoms with Crippen LogP contribution in [-0.4, -0.2) is 52.5 Å². The van der Waals surface area contributed by atoms with Crippen LogP contribution in [0.15, 0.2) is 22.1 Å². The van der Waals surface area contributed by atoms with Crippen LogP contribution in [-0.2, 0) is 0 Å². The standard InChI is InChI=1S/C19H20BrF2N3OS/c1-3-11-7-13-16(15(22)14(11)20)23-18(24-17(13)27-2)26-10-19-5-4-6-25(19)9-12(21)8-19/h3,7,12H,1,4-6,8-10H2,2H3/t12-,19+/m1/s1. The lowest BCUT2D eigenvalue weighted by atomic mass is 9.95. The van der Waals surface area contributed by atoms with E-state index < -0.39 is 12.0 Å². The van der Waals surface area contributed by atoms with Gasteiger partial charge >= 0.3 is 6.01 Å². The van der Waals surface area contributed by atoms with Crippen LogP contribution >= 0.6 is 27.7 Å². The van der Waals surface area contributed by atoms with Gasteiger partial charge in [0.1, 0.15) is 23.3 Å². The Labute approximate surface area is 169 Å². The summed E-state index contributed by atoms with van der Waals surface area (Å²) in [6.45, 7) is 5.39. The third-order valence-electron chi connectivity index (χ3n) is 5.49. The molecule has 144 valence electrons. The fourth-order valence-electron chi connectivity index (χ4n) is 4.19. The molecule has 2 aliphatic rings. The average molecular weight is 456 g/mol. The molecule has 1 aromatic carbocycles. The largest absolute Gasteiger partial charge is 0.461 e. The number of ether oxygens (including phenoxy) is 1. The second-order valence-corrected chi connectivity index (χ2v) is 8.66. The molecule has 2 saturated heterocycles. The predicted octanol–water partition coefficient (Wildman–Crippen LogP) is 4.85. The SMILES string of the molecule is C=Cc1cc2c(SC)nc(OC[C@@]34CCCN3C[C@H](F)C4)nc2c(F)c1Br. The molecule has 0 radical (unpaired) electrons. The minimum atomic E-state index is -0.820. The Balaban J connectivity index is 1.68. The van der Waals surface area contributed by atoms with Crippen LogP contribution in [0.1, 0.15) is 24.8 Å². The van der Waals surface area contributed by atoms with Gasteiger partial charge in [-0.05, 0) is 53.2 Å². The van der Waals surface area contributed by atoms with Gasteiger partial charge in [0.25, 0.3) is 0 Å². The number of halogens is 3. The fourth-order valence-corrected chi connectivity index (χ4v) is 5.20. The maximum atomic E-state index is 14.8. The summed E-state index contributed by atoms with van der Waals surface area (Å²) in [5, 5.41) is 1.26. The minimum absolute atomic E-state index is 0.132. The summed E-state index contributed by atoms with van der Waals surface area (Å²) in [5.41, 5.74) is 0.564. The molecule has 0 N–H and O–H groups in total. The van der Waals surface area contributed by atoms with Crippen molar-refractivity contribution < 1.29 is 13.5 Å². The molecule has 0 amide bonds. The van der Waals surface area contributed by atoms with Crippen molar-refractivity contribution in [2.24, 2.45) is 0 Å². The Morgan fingerprint density at radius 3 is 3.07 bits per heavy atom. The molecule has 0 bridgehead atoms. The molecule has 0 aliphatic carbocycles. The van der Waals surface area contributed by atoms with Gasteiger partial charge in [0.15, 0.2) is 5.82 Å². The van der Waals surface area contributed by atoms with Gasteiger partial charge in [-0.3, -0.25) is 4.90 Å². The molecule has 0 unspecified atom stereocenters. The Kier molecular flexibility index (Phi) is 5.16. The van der Waals surface area contributed by atoms with Gasteiger partial charge in [-0.2, -0.15) is 9.97 Å². The molecule has 2 fully saturated rings. The molecule has 27 heavy (non-hydrogen) atoms. The molecule has 2 aromatic rings. The van der Waals surface area contributed by atoms with Crippen molar-refractivity contribution in [1.82, 2.24) is 14.9 Å². The summed E-state index contributed by atoms with van der Waals surface area (Å²) in [4.78, 5) is 10.9. The van der Waals surface area contributed by atoms with Crippen molar-refractivity contribution in [3.05, 3.63) is 28.5 Å². The molecule has 0 saturated carbocycles. The van der Waals surface area contributed by atoms with Crippen LogP contribution in [0.3, 0.4) is 0 Å². The molecule has 2 aliphatic heterocycles. The number of fused-ring (bicyclic) bond motifs is 2. The lowest BCUT2D eigenvalue weighted by Crippen LogP contribution is -2.43. The van der Waals surface area contributed by atoms with Crippen LogP contribution in [0.5, 0.6) is 6.01 Å². The van der Waals surface area contributed by atoms with E-state index in [2.05, 4.69) is 37.4 Å². The van der Waals surface area contributed by atoms with Crippen molar-refractivity contribution in [2.45, 2.75) is 36.0 Å². The van der Waals surface area contributed by atoms with E-state index in [1.54, 1.807) is 6.08 Å². The van der Waals surface area contributed by atoms with Gasteiger partial charge < -0.3 is 4.74 Å². The molecule has 4 nitrogen and oxygen atoms in total. The highest BCUT2D eigenvalue weighted by Gasteiger charge is 2.49. The van der Waals surface area contributed by atoms with Gasteiger partial charge in [0, 0.05) is 18.4 Å². The quantitative estimate of drug-likeness (QED) is 0.475. The van der Waals surface area contributed by atoms with E-state index in [0.29, 0.717) is 40.0 Å². The Morgan fingerprint density at radius 2 is 2.33 bits per heavy atom. The van der Waals surface area contributed by atoms with Gasteiger partial charge in [0.05, 0.1) is 10.0 Å². The Hall–Kier alpha value is -1.25. The zero-order valence-corrected chi connectivity index (χ0v) is 17.4. The lowest BCUT2D eigenvalue weighted by molar-refractivity contribution is 0.107. The number of aromatic nitrogens is 2. The van der Waals surface area contributed by atoms with Crippen LogP contribution in [0, 0.1) is 5.82 Å². The molecule has 0 spiro atoms. The zero-order chi connectivity index (χ0) is 19.2. The van der Waals surface area contributed by atoms with E-state index in [-0.39, 0.29) is 17.1 Å². The summed E-state index contributed by atoms with van der Waals surface area (Å²) >= 11 is 4.67. The summed E-state index contributed by atoms with van der Waals surface area (Å²) in [6, 6.07) is 1.94. The first kappa shape index (κ1) is 19.1. The van der Waals surface area contributed by atoms with E-state index in [1.165, 1.54) is 11.8 Å². The first-order valence-electron chi connectivity index (χ1n) is 8.85.